The molecule has 1 atom stereocenters. The Kier molecular flexibility index (Phi) is 6.42. The van der Waals surface area contributed by atoms with Crippen molar-refractivity contribution in [1.29, 1.82) is 0 Å². The average molecular weight is 270 g/mol. The highest BCUT2D eigenvalue weighted by Crippen LogP contribution is 2.18. The number of nitrogens with one attached hydrogen (secondary N) is 1. The summed E-state index contributed by atoms with van der Waals surface area (Å²) in [6.45, 7) is 9.54. The molecule has 0 spiro atoms. The van der Waals surface area contributed by atoms with Crippen LogP contribution in [0.3, 0.4) is 0 Å². The summed E-state index contributed by atoms with van der Waals surface area (Å²) in [5.41, 5.74) is 0.360. The lowest BCUT2D eigenvalue weighted by Gasteiger charge is -2.28. The number of hydrogen-bond donors (Lipinski definition) is 1. The van der Waals surface area contributed by atoms with Crippen LogP contribution in [-0.4, -0.2) is 30.6 Å². The molecule has 104 valence electrons. The third-order valence-corrected chi connectivity index (χ3v) is 5.36. The van der Waals surface area contributed by atoms with Crippen molar-refractivity contribution >= 4 is 8.07 Å². The second-order valence-electron chi connectivity index (χ2n) is 5.67. The molecule has 5 heteroatoms. The fraction of sp³-hybridized carbons (Fsp3) is 0.769. The average Bonchev–Trinajstić information content (AvgIpc) is 2.78. The predicted octanol–water partition coefficient (Wildman–Crippen LogP) is 3.59. The smallest absolute Gasteiger partial charge is 0.295 e. The van der Waals surface area contributed by atoms with Crippen molar-refractivity contribution in [2.75, 3.05) is 6.79 Å². The van der Waals surface area contributed by atoms with Crippen LogP contribution in [0.1, 0.15) is 32.6 Å². The first kappa shape index (κ1) is 15.2. The van der Waals surface area contributed by atoms with Crippen LogP contribution in [-0.2, 0) is 4.74 Å². The van der Waals surface area contributed by atoms with Gasteiger partial charge in [0.05, 0.1) is 13.8 Å². The van der Waals surface area contributed by atoms with Crippen molar-refractivity contribution in [3.05, 3.63) is 12.4 Å². The molecule has 0 aliphatic rings. The maximum Gasteiger partial charge on any atom is 0.295 e. The summed E-state index contributed by atoms with van der Waals surface area (Å²) in [6, 6.07) is 0.526. The highest BCUT2D eigenvalue weighted by atomic mass is 28.3. The van der Waals surface area contributed by atoms with E-state index in [2.05, 4.69) is 36.5 Å². The van der Waals surface area contributed by atoms with E-state index < -0.39 is 8.07 Å². The third kappa shape index (κ3) is 5.69. The quantitative estimate of drug-likeness (QED) is 0.424. The standard InChI is InChI=1S/C13H26N2O2Si/c1-5-6-7-8-12(18(2,3)4)16-11-17-13-14-9-10-15-13/h9-10,12H,5-8,11H2,1-4H3,(H,14,15). The minimum atomic E-state index is -1.29. The molecule has 0 fully saturated rings. The van der Waals surface area contributed by atoms with Gasteiger partial charge in [-0.1, -0.05) is 45.8 Å². The molecule has 1 rings (SSSR count). The van der Waals surface area contributed by atoms with E-state index in [9.17, 15) is 0 Å². The minimum Gasteiger partial charge on any atom is -0.438 e. The topological polar surface area (TPSA) is 47.1 Å². The van der Waals surface area contributed by atoms with E-state index in [0.717, 1.165) is 6.42 Å². The van der Waals surface area contributed by atoms with E-state index in [1.54, 1.807) is 12.4 Å². The van der Waals surface area contributed by atoms with Gasteiger partial charge in [0.15, 0.2) is 6.79 Å². The molecule has 0 saturated carbocycles. The Morgan fingerprint density at radius 2 is 2.11 bits per heavy atom. The molecule has 1 aromatic rings. The third-order valence-electron chi connectivity index (χ3n) is 2.97. The second-order valence-corrected chi connectivity index (χ2v) is 11.0. The molecule has 1 N–H and O–H groups in total. The molecule has 0 aliphatic heterocycles. The number of nitrogens with zero attached hydrogens (tertiary/aromatic N) is 1. The maximum absolute atomic E-state index is 5.91. The number of aromatic nitrogens is 2. The fourth-order valence-electron chi connectivity index (χ4n) is 1.85. The predicted molar refractivity (Wildman–Crippen MR) is 76.4 cm³/mol. The number of unbranched alkanes of at least 4 members (excludes halogenated alkanes) is 2. The molecule has 1 heterocycles. The van der Waals surface area contributed by atoms with Gasteiger partial charge in [0, 0.05) is 12.4 Å². The fourth-order valence-corrected chi connectivity index (χ4v) is 3.49. The van der Waals surface area contributed by atoms with E-state index in [0.29, 0.717) is 11.7 Å². The van der Waals surface area contributed by atoms with Gasteiger partial charge in [0.2, 0.25) is 0 Å². The van der Waals surface area contributed by atoms with Crippen LogP contribution in [0.4, 0.5) is 0 Å². The van der Waals surface area contributed by atoms with Crippen LogP contribution in [0.15, 0.2) is 12.4 Å². The highest BCUT2D eigenvalue weighted by molar-refractivity contribution is 6.77. The van der Waals surface area contributed by atoms with Gasteiger partial charge >= 0.3 is 0 Å². The summed E-state index contributed by atoms with van der Waals surface area (Å²) < 4.78 is 11.3. The van der Waals surface area contributed by atoms with Gasteiger partial charge in [0.25, 0.3) is 6.01 Å². The summed E-state index contributed by atoms with van der Waals surface area (Å²) in [4.78, 5) is 6.90. The molecule has 0 aromatic carbocycles. The van der Waals surface area contributed by atoms with Crippen LogP contribution < -0.4 is 4.74 Å². The molecule has 0 aliphatic carbocycles. The molecule has 0 bridgehead atoms. The molecule has 1 aromatic heterocycles. The largest absolute Gasteiger partial charge is 0.438 e. The van der Waals surface area contributed by atoms with E-state index >= 15 is 0 Å². The van der Waals surface area contributed by atoms with Gasteiger partial charge in [-0.05, 0) is 6.42 Å². The van der Waals surface area contributed by atoms with Crippen molar-refractivity contribution in [2.45, 2.75) is 58.0 Å². The van der Waals surface area contributed by atoms with E-state index in [4.69, 9.17) is 9.47 Å². The van der Waals surface area contributed by atoms with Crippen LogP contribution in [0.25, 0.3) is 0 Å². The zero-order chi connectivity index (χ0) is 13.4. The zero-order valence-electron chi connectivity index (χ0n) is 12.0. The van der Waals surface area contributed by atoms with Crippen molar-refractivity contribution in [3.8, 4) is 6.01 Å². The first-order valence-corrected chi connectivity index (χ1v) is 10.4. The van der Waals surface area contributed by atoms with Gasteiger partial charge in [-0.15, -0.1) is 0 Å². The lowest BCUT2D eigenvalue weighted by atomic mass is 10.2. The van der Waals surface area contributed by atoms with Crippen molar-refractivity contribution < 1.29 is 9.47 Å². The molecule has 1 unspecified atom stereocenters. The Balaban J connectivity index is 2.31. The molecule has 0 amide bonds. The Morgan fingerprint density at radius 1 is 1.33 bits per heavy atom. The van der Waals surface area contributed by atoms with Gasteiger partial charge in [-0.2, -0.15) is 0 Å². The van der Waals surface area contributed by atoms with Crippen molar-refractivity contribution in [3.63, 3.8) is 0 Å². The number of ether oxygens (including phenoxy) is 2. The Morgan fingerprint density at radius 3 is 2.67 bits per heavy atom. The molecule has 0 saturated heterocycles. The minimum absolute atomic E-state index is 0.286. The van der Waals surface area contributed by atoms with Gasteiger partial charge in [0.1, 0.15) is 0 Å². The summed E-state index contributed by atoms with van der Waals surface area (Å²) in [7, 11) is -1.29. The normalized spacial score (nSPS) is 13.6. The molecule has 0 radical (unpaired) electrons. The number of aromatic amines is 1. The molecule has 18 heavy (non-hydrogen) atoms. The van der Waals surface area contributed by atoms with Gasteiger partial charge in [-0.25, -0.2) is 4.98 Å². The number of rotatable bonds is 9. The summed E-state index contributed by atoms with van der Waals surface area (Å²) >= 11 is 0. The van der Waals surface area contributed by atoms with Crippen LogP contribution >= 0.6 is 0 Å². The molecular weight excluding hydrogens is 244 g/mol. The lowest BCUT2D eigenvalue weighted by molar-refractivity contribution is -0.0143. The van der Waals surface area contributed by atoms with Crippen molar-refractivity contribution in [1.82, 2.24) is 9.97 Å². The van der Waals surface area contributed by atoms with Crippen molar-refractivity contribution in [2.24, 2.45) is 0 Å². The highest BCUT2D eigenvalue weighted by Gasteiger charge is 2.27. The Labute approximate surface area is 111 Å². The summed E-state index contributed by atoms with van der Waals surface area (Å²) in [5, 5.41) is 0. The number of imidazole rings is 1. The van der Waals surface area contributed by atoms with E-state index in [1.165, 1.54) is 19.3 Å². The lowest BCUT2D eigenvalue weighted by Crippen LogP contribution is -2.41. The van der Waals surface area contributed by atoms with E-state index in [-0.39, 0.29) is 6.79 Å². The monoisotopic (exact) mass is 270 g/mol. The summed E-state index contributed by atoms with van der Waals surface area (Å²) in [5.74, 6) is 0. The summed E-state index contributed by atoms with van der Waals surface area (Å²) in [6.07, 6.45) is 8.33. The Bertz CT molecular complexity index is 309. The molecular formula is C13H26N2O2Si. The first-order valence-electron chi connectivity index (χ1n) is 6.78. The van der Waals surface area contributed by atoms with Crippen LogP contribution in [0.2, 0.25) is 19.6 Å². The van der Waals surface area contributed by atoms with Gasteiger partial charge in [-0.3, -0.25) is 0 Å². The molecule has 4 nitrogen and oxygen atoms in total. The zero-order valence-corrected chi connectivity index (χ0v) is 13.0. The Hall–Kier alpha value is -0.813. The van der Waals surface area contributed by atoms with Crippen LogP contribution in [0, 0.1) is 0 Å². The van der Waals surface area contributed by atoms with Crippen LogP contribution in [0.5, 0.6) is 6.01 Å². The first-order chi connectivity index (χ1) is 8.54. The number of H-pyrrole nitrogens is 1. The van der Waals surface area contributed by atoms with E-state index in [1.807, 2.05) is 0 Å². The SMILES string of the molecule is CCCCCC(OCOc1ncc[nH]1)[Si](C)(C)C. The second kappa shape index (κ2) is 7.58. The van der Waals surface area contributed by atoms with Gasteiger partial charge < -0.3 is 14.5 Å². The number of hydrogen-bond acceptors (Lipinski definition) is 3. The maximum atomic E-state index is 5.91.